The van der Waals surface area contributed by atoms with Crippen molar-refractivity contribution < 1.29 is 23.9 Å². The van der Waals surface area contributed by atoms with Gasteiger partial charge < -0.3 is 14.4 Å². The molecule has 170 valence electrons. The molecule has 0 saturated carbocycles. The lowest BCUT2D eigenvalue weighted by Crippen LogP contribution is -2.44. The molecule has 1 saturated heterocycles. The average molecular weight is 458 g/mol. The van der Waals surface area contributed by atoms with Crippen molar-refractivity contribution in [2.45, 2.75) is 49.2 Å². The Balaban J connectivity index is 1.94. The summed E-state index contributed by atoms with van der Waals surface area (Å²) >= 11 is 1.34. The summed E-state index contributed by atoms with van der Waals surface area (Å²) in [5.41, 5.74) is -0.208. The molecule has 1 aliphatic heterocycles. The maximum Gasteiger partial charge on any atom is 0.328 e. The second-order valence-corrected chi connectivity index (χ2v) is 9.64. The van der Waals surface area contributed by atoms with E-state index < -0.39 is 29.5 Å². The van der Waals surface area contributed by atoms with Gasteiger partial charge >= 0.3 is 11.9 Å². The number of rotatable bonds is 6. The number of thioether (sulfide) groups is 1. The highest BCUT2D eigenvalue weighted by Crippen LogP contribution is 2.39. The first-order valence-corrected chi connectivity index (χ1v) is 11.2. The van der Waals surface area contributed by atoms with Crippen LogP contribution in [0, 0.1) is 5.92 Å². The lowest BCUT2D eigenvalue weighted by molar-refractivity contribution is -0.157. The molecule has 0 bridgehead atoms. The maximum atomic E-state index is 13.3. The van der Waals surface area contributed by atoms with Gasteiger partial charge in [-0.3, -0.25) is 9.59 Å². The number of benzene rings is 1. The fraction of sp³-hybridized carbons (Fsp3) is 0.435. The fourth-order valence-corrected chi connectivity index (χ4v) is 4.85. The minimum absolute atomic E-state index is 0.0416. The van der Waals surface area contributed by atoms with Gasteiger partial charge in [0.15, 0.2) is 5.16 Å². The number of amides is 1. The lowest BCUT2D eigenvalue weighted by atomic mass is 9.95. The third-order valence-electron chi connectivity index (χ3n) is 4.94. The van der Waals surface area contributed by atoms with Gasteiger partial charge in [-0.15, -0.1) is 0 Å². The van der Waals surface area contributed by atoms with Crippen LogP contribution in [-0.4, -0.2) is 63.3 Å². The zero-order valence-electron chi connectivity index (χ0n) is 18.6. The Hall–Kier alpha value is -2.94. The minimum Gasteiger partial charge on any atom is -0.467 e. The number of aromatic nitrogens is 2. The predicted molar refractivity (Wildman–Crippen MR) is 119 cm³/mol. The van der Waals surface area contributed by atoms with Gasteiger partial charge in [0.25, 0.3) is 5.91 Å². The fourth-order valence-electron chi connectivity index (χ4n) is 3.68. The third kappa shape index (κ3) is 5.85. The summed E-state index contributed by atoms with van der Waals surface area (Å²) in [5, 5.41) is 0.200. The Morgan fingerprint density at radius 2 is 1.75 bits per heavy atom. The van der Waals surface area contributed by atoms with E-state index in [2.05, 4.69) is 9.97 Å². The van der Waals surface area contributed by atoms with Crippen molar-refractivity contribution in [3.63, 3.8) is 0 Å². The number of hydrogen-bond acceptors (Lipinski definition) is 8. The zero-order valence-corrected chi connectivity index (χ0v) is 19.4. The van der Waals surface area contributed by atoms with Crippen LogP contribution in [0.15, 0.2) is 53.9 Å². The molecular weight excluding hydrogens is 430 g/mol. The number of methoxy groups -OCH3 is 1. The van der Waals surface area contributed by atoms with E-state index in [0.717, 1.165) is 0 Å². The molecule has 1 aliphatic rings. The van der Waals surface area contributed by atoms with Crippen LogP contribution >= 0.6 is 11.8 Å². The Morgan fingerprint density at radius 3 is 2.34 bits per heavy atom. The van der Waals surface area contributed by atoms with Crippen LogP contribution in [0.2, 0.25) is 0 Å². The third-order valence-corrected chi connectivity index (χ3v) is 6.16. The number of carbonyl (C=O) groups excluding carboxylic acids is 3. The zero-order chi connectivity index (χ0) is 23.3. The Morgan fingerprint density at radius 1 is 1.09 bits per heavy atom. The highest BCUT2D eigenvalue weighted by molar-refractivity contribution is 7.99. The summed E-state index contributed by atoms with van der Waals surface area (Å²) < 4.78 is 10.5. The molecular formula is C23H27N3O5S. The first-order valence-electron chi connectivity index (χ1n) is 10.3. The smallest absolute Gasteiger partial charge is 0.328 e. The van der Waals surface area contributed by atoms with Crippen LogP contribution in [0.3, 0.4) is 0 Å². The Kier molecular flexibility index (Phi) is 7.50. The van der Waals surface area contributed by atoms with E-state index in [4.69, 9.17) is 9.47 Å². The van der Waals surface area contributed by atoms with Crippen molar-refractivity contribution in [2.75, 3.05) is 13.7 Å². The molecule has 9 heteroatoms. The monoisotopic (exact) mass is 457 g/mol. The van der Waals surface area contributed by atoms with Crippen LogP contribution in [0.4, 0.5) is 0 Å². The summed E-state index contributed by atoms with van der Waals surface area (Å²) in [4.78, 5) is 48.8. The van der Waals surface area contributed by atoms with Gasteiger partial charge in [0.2, 0.25) is 0 Å². The van der Waals surface area contributed by atoms with E-state index in [-0.39, 0.29) is 24.1 Å². The van der Waals surface area contributed by atoms with Crippen molar-refractivity contribution in [2.24, 2.45) is 5.92 Å². The van der Waals surface area contributed by atoms with Crippen molar-refractivity contribution in [3.05, 3.63) is 54.4 Å². The van der Waals surface area contributed by atoms with Crippen LogP contribution in [0.1, 0.15) is 37.6 Å². The van der Waals surface area contributed by atoms with Gasteiger partial charge in [-0.2, -0.15) is 0 Å². The quantitative estimate of drug-likeness (QED) is 0.482. The molecule has 1 aromatic carbocycles. The van der Waals surface area contributed by atoms with Crippen LogP contribution in [-0.2, 0) is 19.1 Å². The van der Waals surface area contributed by atoms with Gasteiger partial charge in [0.1, 0.15) is 11.6 Å². The molecule has 0 aliphatic carbocycles. The number of carbonyl (C=O) groups is 3. The first kappa shape index (κ1) is 23.7. The molecule has 0 N–H and O–H groups in total. The van der Waals surface area contributed by atoms with Crippen molar-refractivity contribution >= 4 is 29.6 Å². The summed E-state index contributed by atoms with van der Waals surface area (Å²) in [6, 6.07) is 9.51. The summed E-state index contributed by atoms with van der Waals surface area (Å²) in [6.07, 6.45) is 3.20. The van der Waals surface area contributed by atoms with Crippen LogP contribution < -0.4 is 0 Å². The molecule has 2 heterocycles. The van der Waals surface area contributed by atoms with E-state index in [1.165, 1.54) is 23.8 Å². The number of esters is 2. The topological polar surface area (TPSA) is 98.7 Å². The lowest BCUT2D eigenvalue weighted by Gasteiger charge is -2.27. The van der Waals surface area contributed by atoms with Crippen molar-refractivity contribution in [1.29, 1.82) is 0 Å². The van der Waals surface area contributed by atoms with Gasteiger partial charge in [-0.25, -0.2) is 14.8 Å². The molecule has 32 heavy (non-hydrogen) atoms. The molecule has 2 aromatic rings. The highest BCUT2D eigenvalue weighted by atomic mass is 32.2. The molecule has 1 aromatic heterocycles. The standard InChI is InChI=1S/C23H27N3O5S/c1-23(2,3)31-18(27)13-16-17(32-22-24-11-8-12-25-22)14-26(19(16)21(29)30-4)20(28)15-9-6-5-7-10-15/h5-12,16-17,19H,13-14H2,1-4H3/t16-,17-,19-/m0/s1. The Bertz CT molecular complexity index is 949. The molecule has 0 spiro atoms. The van der Waals surface area contributed by atoms with E-state index in [1.54, 1.807) is 63.5 Å². The van der Waals surface area contributed by atoms with Gasteiger partial charge in [0, 0.05) is 35.7 Å². The Labute approximate surface area is 191 Å². The summed E-state index contributed by atoms with van der Waals surface area (Å²) in [5.74, 6) is -1.84. The van der Waals surface area contributed by atoms with Crippen molar-refractivity contribution in [1.82, 2.24) is 14.9 Å². The molecule has 8 nitrogen and oxygen atoms in total. The molecule has 0 unspecified atom stereocenters. The van der Waals surface area contributed by atoms with Gasteiger partial charge in [-0.1, -0.05) is 30.0 Å². The molecule has 0 radical (unpaired) electrons. The number of nitrogens with zero attached hydrogens (tertiary/aromatic N) is 3. The number of likely N-dealkylation sites (tertiary alicyclic amines) is 1. The molecule has 1 fully saturated rings. The predicted octanol–water partition coefficient (Wildman–Crippen LogP) is 2.98. The molecule has 3 atom stereocenters. The maximum absolute atomic E-state index is 13.3. The number of ether oxygens (including phenoxy) is 2. The van der Waals surface area contributed by atoms with Gasteiger partial charge in [0.05, 0.1) is 13.5 Å². The number of hydrogen-bond donors (Lipinski definition) is 0. The summed E-state index contributed by atoms with van der Waals surface area (Å²) in [7, 11) is 1.28. The molecule has 3 rings (SSSR count). The minimum atomic E-state index is -0.929. The van der Waals surface area contributed by atoms with Crippen LogP contribution in [0.5, 0.6) is 0 Å². The summed E-state index contributed by atoms with van der Waals surface area (Å²) in [6.45, 7) is 5.59. The van der Waals surface area contributed by atoms with E-state index in [1.807, 2.05) is 6.07 Å². The van der Waals surface area contributed by atoms with E-state index in [0.29, 0.717) is 10.7 Å². The van der Waals surface area contributed by atoms with E-state index >= 15 is 0 Å². The van der Waals surface area contributed by atoms with Crippen LogP contribution in [0.25, 0.3) is 0 Å². The highest BCUT2D eigenvalue weighted by Gasteiger charge is 2.50. The largest absolute Gasteiger partial charge is 0.467 e. The molecule has 1 amide bonds. The first-order chi connectivity index (χ1) is 15.2. The normalized spacial score (nSPS) is 20.6. The van der Waals surface area contributed by atoms with Gasteiger partial charge in [-0.05, 0) is 39.0 Å². The van der Waals surface area contributed by atoms with Crippen molar-refractivity contribution in [3.8, 4) is 0 Å². The van der Waals surface area contributed by atoms with E-state index in [9.17, 15) is 14.4 Å². The SMILES string of the molecule is COC(=O)[C@@H]1[C@@H](CC(=O)OC(C)(C)C)[C@@H](Sc2ncccn2)CN1C(=O)c1ccccc1. The second kappa shape index (κ2) is 10.1. The average Bonchev–Trinajstić information content (AvgIpc) is 3.10. The second-order valence-electron chi connectivity index (χ2n) is 8.43.